The lowest BCUT2D eigenvalue weighted by atomic mass is 10.0. The van der Waals surface area contributed by atoms with Crippen molar-refractivity contribution >= 4 is 22.8 Å². The number of rotatable bonds is 5. The Morgan fingerprint density at radius 1 is 1.09 bits per heavy atom. The molecule has 0 bridgehead atoms. The van der Waals surface area contributed by atoms with E-state index in [0.717, 1.165) is 24.1 Å². The lowest BCUT2D eigenvalue weighted by Crippen LogP contribution is -2.39. The number of nitrogens with zero attached hydrogens (tertiary/aromatic N) is 6. The Morgan fingerprint density at radius 2 is 1.91 bits per heavy atom. The molecule has 0 spiro atoms. The van der Waals surface area contributed by atoms with E-state index in [0.29, 0.717) is 29.4 Å². The smallest absolute Gasteiger partial charge is 0.284 e. The van der Waals surface area contributed by atoms with E-state index in [1.807, 2.05) is 24.3 Å². The Morgan fingerprint density at radius 3 is 2.73 bits per heavy atom. The van der Waals surface area contributed by atoms with Gasteiger partial charge in [-0.1, -0.05) is 23.4 Å². The summed E-state index contributed by atoms with van der Waals surface area (Å²) in [6, 6.07) is 13.1. The first-order chi connectivity index (χ1) is 16.1. The Hall–Kier alpha value is -4.21. The normalized spacial score (nSPS) is 13.1. The molecule has 10 nitrogen and oxygen atoms in total. The third kappa shape index (κ3) is 3.59. The van der Waals surface area contributed by atoms with Gasteiger partial charge in [0.25, 0.3) is 5.56 Å². The number of anilines is 1. The minimum absolute atomic E-state index is 0.0825. The molecular formula is C23H22N6O4. The second-order valence-corrected chi connectivity index (χ2v) is 7.67. The number of benzene rings is 2. The van der Waals surface area contributed by atoms with Crippen LogP contribution in [0.25, 0.3) is 16.9 Å². The van der Waals surface area contributed by atoms with Crippen LogP contribution >= 0.6 is 0 Å². The van der Waals surface area contributed by atoms with Crippen LogP contribution < -0.4 is 19.9 Å². The van der Waals surface area contributed by atoms with Gasteiger partial charge < -0.3 is 14.4 Å². The second-order valence-electron chi connectivity index (χ2n) is 7.67. The number of aryl methyl sites for hydroxylation is 1. The van der Waals surface area contributed by atoms with Crippen molar-refractivity contribution in [2.24, 2.45) is 0 Å². The Labute approximate surface area is 189 Å². The van der Waals surface area contributed by atoms with Gasteiger partial charge in [-0.15, -0.1) is 5.10 Å². The van der Waals surface area contributed by atoms with E-state index in [9.17, 15) is 9.59 Å². The van der Waals surface area contributed by atoms with Crippen LogP contribution in [-0.4, -0.2) is 51.2 Å². The molecule has 0 radical (unpaired) electrons. The van der Waals surface area contributed by atoms with Crippen LogP contribution in [0.4, 0.5) is 5.69 Å². The van der Waals surface area contributed by atoms with Crippen molar-refractivity contribution in [3.8, 4) is 17.2 Å². The molecule has 0 saturated heterocycles. The predicted octanol–water partition coefficient (Wildman–Crippen LogP) is 1.97. The first-order valence-electron chi connectivity index (χ1n) is 10.5. The molecule has 0 aliphatic carbocycles. The molecule has 5 rings (SSSR count). The van der Waals surface area contributed by atoms with Crippen molar-refractivity contribution < 1.29 is 14.3 Å². The zero-order valence-electron chi connectivity index (χ0n) is 18.3. The molecule has 10 heteroatoms. The van der Waals surface area contributed by atoms with Crippen LogP contribution in [0.3, 0.4) is 0 Å². The van der Waals surface area contributed by atoms with E-state index in [1.165, 1.54) is 22.7 Å². The molecule has 2 aromatic carbocycles. The summed E-state index contributed by atoms with van der Waals surface area (Å²) in [5.41, 5.74) is 2.59. The number of amides is 1. The van der Waals surface area contributed by atoms with Crippen LogP contribution in [0.2, 0.25) is 0 Å². The zero-order chi connectivity index (χ0) is 22.9. The molecule has 0 unspecified atom stereocenters. The molecule has 0 saturated carbocycles. The molecule has 2 aromatic heterocycles. The van der Waals surface area contributed by atoms with Gasteiger partial charge in [0.05, 0.1) is 19.9 Å². The van der Waals surface area contributed by atoms with E-state index in [4.69, 9.17) is 9.47 Å². The number of carbonyl (C=O) groups is 1. The maximum absolute atomic E-state index is 13.1. The first kappa shape index (κ1) is 20.7. The number of aromatic nitrogens is 5. The molecule has 0 fully saturated rings. The summed E-state index contributed by atoms with van der Waals surface area (Å²) in [6.07, 6.45) is 3.18. The fourth-order valence-corrected chi connectivity index (χ4v) is 4.11. The summed E-state index contributed by atoms with van der Waals surface area (Å²) in [7, 11) is 3.09. The molecule has 3 heterocycles. The quantitative estimate of drug-likeness (QED) is 0.462. The van der Waals surface area contributed by atoms with Gasteiger partial charge in [0.1, 0.15) is 12.9 Å². The molecule has 33 heavy (non-hydrogen) atoms. The summed E-state index contributed by atoms with van der Waals surface area (Å²) >= 11 is 0. The van der Waals surface area contributed by atoms with E-state index in [2.05, 4.69) is 15.3 Å². The lowest BCUT2D eigenvalue weighted by Gasteiger charge is -2.29. The number of para-hydroxylation sites is 1. The minimum atomic E-state index is -0.426. The van der Waals surface area contributed by atoms with E-state index in [-0.39, 0.29) is 18.0 Å². The molecule has 1 aliphatic heterocycles. The van der Waals surface area contributed by atoms with Gasteiger partial charge in [-0.05, 0) is 36.6 Å². The number of hydrogen-bond acceptors (Lipinski definition) is 7. The average Bonchev–Trinajstić information content (AvgIpc) is 3.29. The van der Waals surface area contributed by atoms with Crippen LogP contribution in [0.1, 0.15) is 12.0 Å². The van der Waals surface area contributed by atoms with E-state index < -0.39 is 5.56 Å². The number of methoxy groups -OCH3 is 2. The zero-order valence-corrected chi connectivity index (χ0v) is 18.3. The van der Waals surface area contributed by atoms with Crippen molar-refractivity contribution in [1.29, 1.82) is 0 Å². The van der Waals surface area contributed by atoms with Crippen molar-refractivity contribution in [3.63, 3.8) is 0 Å². The fourth-order valence-electron chi connectivity index (χ4n) is 4.11. The molecule has 4 aromatic rings. The van der Waals surface area contributed by atoms with Gasteiger partial charge in [-0.3, -0.25) is 14.2 Å². The highest BCUT2D eigenvalue weighted by Crippen LogP contribution is 2.29. The van der Waals surface area contributed by atoms with Gasteiger partial charge in [0, 0.05) is 18.3 Å². The maximum Gasteiger partial charge on any atom is 0.284 e. The minimum Gasteiger partial charge on any atom is -0.493 e. The van der Waals surface area contributed by atoms with Gasteiger partial charge in [0.2, 0.25) is 5.91 Å². The van der Waals surface area contributed by atoms with Crippen LogP contribution in [0.15, 0.2) is 53.6 Å². The van der Waals surface area contributed by atoms with Crippen molar-refractivity contribution in [3.05, 3.63) is 64.7 Å². The summed E-state index contributed by atoms with van der Waals surface area (Å²) in [5, 5.41) is 8.13. The molecule has 1 aliphatic rings. The van der Waals surface area contributed by atoms with E-state index >= 15 is 0 Å². The fraction of sp³-hybridized carbons (Fsp3) is 0.261. The number of fused-ring (bicyclic) bond motifs is 2. The third-order valence-corrected chi connectivity index (χ3v) is 5.76. The van der Waals surface area contributed by atoms with Crippen molar-refractivity contribution in [2.75, 3.05) is 25.7 Å². The van der Waals surface area contributed by atoms with Crippen molar-refractivity contribution in [2.45, 2.75) is 19.4 Å². The van der Waals surface area contributed by atoms with Gasteiger partial charge >= 0.3 is 0 Å². The number of ether oxygens (including phenoxy) is 2. The van der Waals surface area contributed by atoms with E-state index in [1.54, 1.807) is 30.2 Å². The largest absolute Gasteiger partial charge is 0.493 e. The van der Waals surface area contributed by atoms with Gasteiger partial charge in [-0.25, -0.2) is 4.98 Å². The molecule has 1 amide bonds. The summed E-state index contributed by atoms with van der Waals surface area (Å²) in [5.74, 6) is 0.913. The Balaban J connectivity index is 1.46. The maximum atomic E-state index is 13.1. The predicted molar refractivity (Wildman–Crippen MR) is 121 cm³/mol. The standard InChI is InChI=1S/C23H22N6O4/c1-32-18-10-9-16(12-19(18)33-2)29-22-21(25-26-29)23(31)27(14-24-22)13-20(30)28-11-5-7-15-6-3-4-8-17(15)28/h3-4,6,8-10,12,14H,5,7,11,13H2,1-2H3. The topological polar surface area (TPSA) is 104 Å². The highest BCUT2D eigenvalue weighted by molar-refractivity contribution is 5.94. The Bertz CT molecular complexity index is 1410. The Kier molecular flexibility index (Phi) is 5.25. The lowest BCUT2D eigenvalue weighted by molar-refractivity contribution is -0.119. The third-order valence-electron chi connectivity index (χ3n) is 5.76. The molecule has 0 N–H and O–H groups in total. The summed E-state index contributed by atoms with van der Waals surface area (Å²) in [6.45, 7) is 0.495. The first-order valence-corrected chi connectivity index (χ1v) is 10.5. The SMILES string of the molecule is COc1ccc(-n2nnc3c(=O)n(CC(=O)N4CCCc5ccccc54)cnc32)cc1OC. The van der Waals surface area contributed by atoms with Crippen LogP contribution in [-0.2, 0) is 17.8 Å². The summed E-state index contributed by atoms with van der Waals surface area (Å²) < 4.78 is 13.3. The molecular weight excluding hydrogens is 424 g/mol. The summed E-state index contributed by atoms with van der Waals surface area (Å²) in [4.78, 5) is 32.2. The molecule has 0 atom stereocenters. The highest BCUT2D eigenvalue weighted by atomic mass is 16.5. The van der Waals surface area contributed by atoms with Crippen LogP contribution in [0, 0.1) is 0 Å². The number of carbonyl (C=O) groups excluding carboxylic acids is 1. The molecule has 168 valence electrons. The van der Waals surface area contributed by atoms with Gasteiger partial charge in [-0.2, -0.15) is 4.68 Å². The number of hydrogen-bond donors (Lipinski definition) is 0. The average molecular weight is 446 g/mol. The monoisotopic (exact) mass is 446 g/mol. The second kappa shape index (κ2) is 8.38. The van der Waals surface area contributed by atoms with Crippen LogP contribution in [0.5, 0.6) is 11.5 Å². The van der Waals surface area contributed by atoms with Crippen molar-refractivity contribution in [1.82, 2.24) is 24.5 Å². The highest BCUT2D eigenvalue weighted by Gasteiger charge is 2.23. The van der Waals surface area contributed by atoms with Gasteiger partial charge in [0.15, 0.2) is 22.7 Å².